The highest BCUT2D eigenvalue weighted by molar-refractivity contribution is 5.94. The Morgan fingerprint density at radius 1 is 1.25 bits per heavy atom. The fraction of sp³-hybridized carbons (Fsp3) is 0.167. The van der Waals surface area contributed by atoms with Gasteiger partial charge in [-0.2, -0.15) is 0 Å². The minimum Gasteiger partial charge on any atom is -0.478 e. The van der Waals surface area contributed by atoms with E-state index in [4.69, 9.17) is 15.2 Å². The molecule has 1 heterocycles. The SMILES string of the molecule is COCOc1cc(-n2cc(N)c3cc(C)ccc32)ccc1C(=O)O. The minimum atomic E-state index is -1.06. The number of aromatic carboxylic acids is 1. The highest BCUT2D eigenvalue weighted by atomic mass is 16.7. The zero-order valence-electron chi connectivity index (χ0n) is 13.4. The third-order valence-corrected chi connectivity index (χ3v) is 3.80. The predicted octanol–water partition coefficient (Wildman–Crippen LogP) is 3.20. The number of carbonyl (C=O) groups is 1. The lowest BCUT2D eigenvalue weighted by Gasteiger charge is -2.12. The number of fused-ring (bicyclic) bond motifs is 1. The summed E-state index contributed by atoms with van der Waals surface area (Å²) < 4.78 is 12.2. The summed E-state index contributed by atoms with van der Waals surface area (Å²) >= 11 is 0. The lowest BCUT2D eigenvalue weighted by Crippen LogP contribution is -2.06. The molecule has 0 aliphatic carbocycles. The van der Waals surface area contributed by atoms with Crippen molar-refractivity contribution in [2.24, 2.45) is 0 Å². The molecule has 0 spiro atoms. The number of nitrogens with two attached hydrogens (primary N) is 1. The molecule has 0 bridgehead atoms. The van der Waals surface area contributed by atoms with Crippen molar-refractivity contribution in [3.8, 4) is 11.4 Å². The molecule has 0 radical (unpaired) electrons. The summed E-state index contributed by atoms with van der Waals surface area (Å²) in [7, 11) is 1.48. The Labute approximate surface area is 139 Å². The Bertz CT molecular complexity index is 915. The predicted molar refractivity (Wildman–Crippen MR) is 91.9 cm³/mol. The number of nitrogens with zero attached hydrogens (tertiary/aromatic N) is 1. The van der Waals surface area contributed by atoms with E-state index in [2.05, 4.69) is 0 Å². The summed E-state index contributed by atoms with van der Waals surface area (Å²) in [6.07, 6.45) is 1.82. The molecule has 124 valence electrons. The number of methoxy groups -OCH3 is 1. The van der Waals surface area contributed by atoms with Crippen molar-refractivity contribution in [2.45, 2.75) is 6.92 Å². The normalized spacial score (nSPS) is 10.9. The lowest BCUT2D eigenvalue weighted by molar-refractivity contribution is 0.0484. The maximum Gasteiger partial charge on any atom is 0.339 e. The van der Waals surface area contributed by atoms with Gasteiger partial charge in [0.25, 0.3) is 0 Å². The van der Waals surface area contributed by atoms with Crippen LogP contribution in [0, 0.1) is 6.92 Å². The van der Waals surface area contributed by atoms with Crippen LogP contribution < -0.4 is 10.5 Å². The van der Waals surface area contributed by atoms with E-state index in [1.165, 1.54) is 13.2 Å². The number of ether oxygens (including phenoxy) is 2. The Morgan fingerprint density at radius 2 is 2.04 bits per heavy atom. The standard InChI is InChI=1S/C18H18N2O4/c1-11-3-6-16-14(7-11)15(19)9-20(16)12-4-5-13(18(21)22)17(8-12)24-10-23-2/h3-9H,10,19H2,1-2H3,(H,21,22). The van der Waals surface area contributed by atoms with E-state index in [-0.39, 0.29) is 18.1 Å². The van der Waals surface area contributed by atoms with Gasteiger partial charge in [0.05, 0.1) is 11.2 Å². The molecule has 0 amide bonds. The van der Waals surface area contributed by atoms with Crippen molar-refractivity contribution in [1.82, 2.24) is 4.57 Å². The molecular formula is C18H18N2O4. The summed E-state index contributed by atoms with van der Waals surface area (Å²) in [5.74, 6) is -0.811. The van der Waals surface area contributed by atoms with Crippen LogP contribution in [0.15, 0.2) is 42.6 Å². The minimum absolute atomic E-state index is 0.0303. The molecule has 0 saturated heterocycles. The number of anilines is 1. The first-order valence-corrected chi connectivity index (χ1v) is 7.38. The molecule has 0 saturated carbocycles. The molecule has 3 rings (SSSR count). The number of rotatable bonds is 5. The summed E-state index contributed by atoms with van der Waals surface area (Å²) in [6.45, 7) is 1.98. The second-order valence-electron chi connectivity index (χ2n) is 5.51. The van der Waals surface area contributed by atoms with Gasteiger partial charge in [0.2, 0.25) is 0 Å². The quantitative estimate of drug-likeness (QED) is 0.703. The maximum atomic E-state index is 11.3. The Morgan fingerprint density at radius 3 is 2.75 bits per heavy atom. The average Bonchev–Trinajstić information content (AvgIpc) is 2.89. The average molecular weight is 326 g/mol. The van der Waals surface area contributed by atoms with Crippen molar-refractivity contribution in [3.63, 3.8) is 0 Å². The maximum absolute atomic E-state index is 11.3. The molecule has 0 aliphatic rings. The summed E-state index contributed by atoms with van der Waals surface area (Å²) in [6, 6.07) is 10.9. The summed E-state index contributed by atoms with van der Waals surface area (Å²) in [5, 5.41) is 10.2. The van der Waals surface area contributed by atoms with E-state index in [0.717, 1.165) is 22.2 Å². The van der Waals surface area contributed by atoms with Crippen LogP contribution in [0.3, 0.4) is 0 Å². The van der Waals surface area contributed by atoms with E-state index < -0.39 is 5.97 Å². The van der Waals surface area contributed by atoms with Crippen LogP contribution >= 0.6 is 0 Å². The molecule has 3 N–H and O–H groups in total. The largest absolute Gasteiger partial charge is 0.478 e. The van der Waals surface area contributed by atoms with E-state index in [9.17, 15) is 9.90 Å². The van der Waals surface area contributed by atoms with Gasteiger partial charge < -0.3 is 24.9 Å². The van der Waals surface area contributed by atoms with Crippen molar-refractivity contribution in [1.29, 1.82) is 0 Å². The molecule has 6 nitrogen and oxygen atoms in total. The van der Waals surface area contributed by atoms with Crippen molar-refractivity contribution in [3.05, 3.63) is 53.7 Å². The Kier molecular flexibility index (Phi) is 4.14. The van der Waals surface area contributed by atoms with Crippen molar-refractivity contribution >= 4 is 22.6 Å². The smallest absolute Gasteiger partial charge is 0.339 e. The monoisotopic (exact) mass is 326 g/mol. The van der Waals surface area contributed by atoms with Crippen LogP contribution in [0.25, 0.3) is 16.6 Å². The van der Waals surface area contributed by atoms with Crippen LogP contribution in [0.5, 0.6) is 5.75 Å². The number of carboxylic acid groups (broad SMARTS) is 1. The van der Waals surface area contributed by atoms with Crippen molar-refractivity contribution in [2.75, 3.05) is 19.6 Å². The van der Waals surface area contributed by atoms with Crippen LogP contribution in [-0.2, 0) is 4.74 Å². The van der Waals surface area contributed by atoms with Crippen molar-refractivity contribution < 1.29 is 19.4 Å². The lowest BCUT2D eigenvalue weighted by atomic mass is 10.1. The molecule has 0 atom stereocenters. The van der Waals surface area contributed by atoms with Gasteiger partial charge >= 0.3 is 5.97 Å². The van der Waals surface area contributed by atoms with E-state index in [1.54, 1.807) is 12.1 Å². The molecular weight excluding hydrogens is 308 g/mol. The molecule has 3 aromatic rings. The first kappa shape index (κ1) is 15.9. The number of aryl methyl sites for hydroxylation is 1. The second-order valence-corrected chi connectivity index (χ2v) is 5.51. The zero-order valence-corrected chi connectivity index (χ0v) is 13.4. The van der Waals surface area contributed by atoms with E-state index in [1.807, 2.05) is 35.9 Å². The van der Waals surface area contributed by atoms with Gasteiger partial charge in [-0.1, -0.05) is 11.6 Å². The Balaban J connectivity index is 2.14. The molecule has 1 aromatic heterocycles. The number of nitrogen functional groups attached to an aromatic ring is 1. The third-order valence-electron chi connectivity index (χ3n) is 3.80. The van der Waals surface area contributed by atoms with Gasteiger partial charge in [0.1, 0.15) is 11.3 Å². The van der Waals surface area contributed by atoms with Gasteiger partial charge in [-0.3, -0.25) is 0 Å². The summed E-state index contributed by atoms with van der Waals surface area (Å²) in [4.78, 5) is 11.3. The first-order valence-electron chi connectivity index (χ1n) is 7.38. The highest BCUT2D eigenvalue weighted by Crippen LogP contribution is 2.30. The van der Waals surface area contributed by atoms with Gasteiger partial charge in [-0.15, -0.1) is 0 Å². The van der Waals surface area contributed by atoms with Gasteiger partial charge in [0, 0.05) is 30.4 Å². The van der Waals surface area contributed by atoms with Crippen LogP contribution in [-0.4, -0.2) is 29.5 Å². The number of hydrogen-bond donors (Lipinski definition) is 2. The van der Waals surface area contributed by atoms with Gasteiger partial charge in [-0.25, -0.2) is 4.79 Å². The highest BCUT2D eigenvalue weighted by Gasteiger charge is 2.15. The van der Waals surface area contributed by atoms with E-state index >= 15 is 0 Å². The fourth-order valence-corrected chi connectivity index (χ4v) is 2.66. The third kappa shape index (κ3) is 2.79. The number of hydrogen-bond acceptors (Lipinski definition) is 4. The van der Waals surface area contributed by atoms with E-state index in [0.29, 0.717) is 5.69 Å². The molecule has 0 aliphatic heterocycles. The number of aromatic nitrogens is 1. The van der Waals surface area contributed by atoms with Crippen LogP contribution in [0.2, 0.25) is 0 Å². The number of carboxylic acids is 1. The second kappa shape index (κ2) is 6.25. The Hall–Kier alpha value is -2.99. The van der Waals surface area contributed by atoms with Gasteiger partial charge in [0.15, 0.2) is 6.79 Å². The zero-order chi connectivity index (χ0) is 17.3. The molecule has 0 unspecified atom stereocenters. The van der Waals surface area contributed by atoms with Crippen LogP contribution in [0.4, 0.5) is 5.69 Å². The molecule has 6 heteroatoms. The fourth-order valence-electron chi connectivity index (χ4n) is 2.66. The molecule has 24 heavy (non-hydrogen) atoms. The molecule has 2 aromatic carbocycles. The first-order chi connectivity index (χ1) is 11.5. The van der Waals surface area contributed by atoms with Gasteiger partial charge in [-0.05, 0) is 31.2 Å². The molecule has 0 fully saturated rings. The topological polar surface area (TPSA) is 86.7 Å². The summed E-state index contributed by atoms with van der Waals surface area (Å²) in [5.41, 5.74) is 9.68. The van der Waals surface area contributed by atoms with Crippen LogP contribution in [0.1, 0.15) is 15.9 Å². The number of benzene rings is 2.